The molecule has 0 atom stereocenters. The van der Waals surface area contributed by atoms with Crippen LogP contribution in [0.15, 0.2) is 54.7 Å². The summed E-state index contributed by atoms with van der Waals surface area (Å²) < 4.78 is 16.2. The number of fused-ring (bicyclic) bond motifs is 1. The highest BCUT2D eigenvalue weighted by Crippen LogP contribution is 2.24. The lowest BCUT2D eigenvalue weighted by Gasteiger charge is -2.22. The van der Waals surface area contributed by atoms with Gasteiger partial charge in [-0.2, -0.15) is 0 Å². The predicted molar refractivity (Wildman–Crippen MR) is 111 cm³/mol. The molecule has 1 heterocycles. The van der Waals surface area contributed by atoms with Crippen LogP contribution in [0.25, 0.3) is 10.9 Å². The third kappa shape index (κ3) is 4.27. The van der Waals surface area contributed by atoms with E-state index in [1.165, 1.54) is 25.3 Å². The lowest BCUT2D eigenvalue weighted by molar-refractivity contribution is -0.121. The molecule has 0 bridgehead atoms. The number of halogens is 1. The molecule has 1 aliphatic rings. The molecule has 28 heavy (non-hydrogen) atoms. The van der Waals surface area contributed by atoms with E-state index in [1.807, 2.05) is 24.3 Å². The molecule has 0 unspecified atom stereocenters. The van der Waals surface area contributed by atoms with Gasteiger partial charge in [-0.3, -0.25) is 4.79 Å². The molecule has 1 saturated carbocycles. The molecular formula is C24H27FN2O. The zero-order valence-electron chi connectivity index (χ0n) is 16.2. The Bertz CT molecular complexity index is 956. The summed E-state index contributed by atoms with van der Waals surface area (Å²) >= 11 is 0. The second-order valence-electron chi connectivity index (χ2n) is 7.79. The van der Waals surface area contributed by atoms with Crippen molar-refractivity contribution in [1.29, 1.82) is 0 Å². The molecule has 2 aromatic carbocycles. The van der Waals surface area contributed by atoms with Gasteiger partial charge in [0.05, 0.1) is 6.54 Å². The number of amides is 1. The first-order valence-electron chi connectivity index (χ1n) is 10.3. The molecule has 3 nitrogen and oxygen atoms in total. The van der Waals surface area contributed by atoms with Crippen LogP contribution in [0.3, 0.4) is 0 Å². The zero-order chi connectivity index (χ0) is 19.3. The first kappa shape index (κ1) is 18.7. The number of hydrogen-bond acceptors (Lipinski definition) is 1. The third-order valence-corrected chi connectivity index (χ3v) is 5.76. The Labute approximate surface area is 165 Å². The van der Waals surface area contributed by atoms with Crippen LogP contribution in [-0.4, -0.2) is 16.5 Å². The summed E-state index contributed by atoms with van der Waals surface area (Å²) in [5, 5.41) is 4.34. The van der Waals surface area contributed by atoms with Crippen LogP contribution < -0.4 is 5.32 Å². The highest BCUT2D eigenvalue weighted by Gasteiger charge is 2.16. The third-order valence-electron chi connectivity index (χ3n) is 5.76. The summed E-state index contributed by atoms with van der Waals surface area (Å²) in [5.41, 5.74) is 2.89. The Hall–Kier alpha value is -2.62. The number of para-hydroxylation sites is 1. The molecule has 1 aliphatic carbocycles. The largest absolute Gasteiger partial charge is 0.353 e. The number of nitrogens with one attached hydrogen (secondary N) is 1. The zero-order valence-corrected chi connectivity index (χ0v) is 16.2. The highest BCUT2D eigenvalue weighted by atomic mass is 19.1. The Morgan fingerprint density at radius 2 is 1.75 bits per heavy atom. The Kier molecular flexibility index (Phi) is 5.75. The Morgan fingerprint density at radius 3 is 2.57 bits per heavy atom. The summed E-state index contributed by atoms with van der Waals surface area (Å²) in [6.45, 7) is 0.488. The SMILES string of the molecule is O=C(CCc1cn(Cc2ccccc2F)c2ccccc12)NC1CCCCC1. The lowest BCUT2D eigenvalue weighted by Crippen LogP contribution is -2.36. The molecule has 1 aromatic heterocycles. The van der Waals surface area contributed by atoms with E-state index in [0.29, 0.717) is 31.0 Å². The van der Waals surface area contributed by atoms with E-state index < -0.39 is 0 Å². The van der Waals surface area contributed by atoms with Crippen molar-refractivity contribution in [2.75, 3.05) is 0 Å². The number of carbonyl (C=O) groups excluding carboxylic acids is 1. The van der Waals surface area contributed by atoms with Crippen molar-refractivity contribution >= 4 is 16.8 Å². The number of aryl methyl sites for hydroxylation is 1. The fourth-order valence-electron chi connectivity index (χ4n) is 4.26. The minimum absolute atomic E-state index is 0.137. The highest BCUT2D eigenvalue weighted by molar-refractivity contribution is 5.85. The summed E-state index contributed by atoms with van der Waals surface area (Å²) in [7, 11) is 0. The molecule has 0 radical (unpaired) electrons. The van der Waals surface area contributed by atoms with Gasteiger partial charge in [0, 0.05) is 35.1 Å². The quantitative estimate of drug-likeness (QED) is 0.628. The standard InChI is InChI=1S/C24H27FN2O/c25-22-12-6-4-8-19(22)17-27-16-18(21-11-5-7-13-23(21)27)14-15-24(28)26-20-9-2-1-3-10-20/h4-8,11-13,16,20H,1-3,9-10,14-15,17H2,(H,26,28). The molecular weight excluding hydrogens is 351 g/mol. The van der Waals surface area contributed by atoms with Gasteiger partial charge in [-0.05, 0) is 37.0 Å². The smallest absolute Gasteiger partial charge is 0.220 e. The van der Waals surface area contributed by atoms with Crippen LogP contribution in [0.1, 0.15) is 49.7 Å². The van der Waals surface area contributed by atoms with Crippen LogP contribution in [0.5, 0.6) is 0 Å². The first-order valence-corrected chi connectivity index (χ1v) is 10.3. The molecule has 3 aromatic rings. The minimum Gasteiger partial charge on any atom is -0.353 e. The van der Waals surface area contributed by atoms with Crippen LogP contribution >= 0.6 is 0 Å². The van der Waals surface area contributed by atoms with Crippen molar-refractivity contribution in [2.24, 2.45) is 0 Å². The van der Waals surface area contributed by atoms with Gasteiger partial charge in [0.2, 0.25) is 5.91 Å². The number of rotatable bonds is 6. The number of aromatic nitrogens is 1. The second-order valence-corrected chi connectivity index (χ2v) is 7.79. The first-order chi connectivity index (χ1) is 13.7. The maximum atomic E-state index is 14.1. The van der Waals surface area contributed by atoms with E-state index in [-0.39, 0.29) is 11.7 Å². The van der Waals surface area contributed by atoms with Crippen molar-refractivity contribution in [3.63, 3.8) is 0 Å². The fourth-order valence-corrected chi connectivity index (χ4v) is 4.26. The molecule has 146 valence electrons. The summed E-state index contributed by atoms with van der Waals surface area (Å²) in [4.78, 5) is 12.4. The van der Waals surface area contributed by atoms with Crippen molar-refractivity contribution in [3.8, 4) is 0 Å². The summed E-state index contributed by atoms with van der Waals surface area (Å²) in [6.07, 6.45) is 9.19. The van der Waals surface area contributed by atoms with E-state index in [0.717, 1.165) is 29.3 Å². The molecule has 0 saturated heterocycles. The van der Waals surface area contributed by atoms with Crippen LogP contribution in [0, 0.1) is 5.82 Å². The molecule has 0 spiro atoms. The van der Waals surface area contributed by atoms with Crippen molar-refractivity contribution < 1.29 is 9.18 Å². The van der Waals surface area contributed by atoms with Gasteiger partial charge in [0.1, 0.15) is 5.82 Å². The molecule has 4 rings (SSSR count). The topological polar surface area (TPSA) is 34.0 Å². The van der Waals surface area contributed by atoms with Crippen LogP contribution in [0.4, 0.5) is 4.39 Å². The maximum Gasteiger partial charge on any atom is 0.220 e. The average Bonchev–Trinajstić information content (AvgIpc) is 3.07. The second kappa shape index (κ2) is 8.59. The van der Waals surface area contributed by atoms with Crippen LogP contribution in [0.2, 0.25) is 0 Å². The monoisotopic (exact) mass is 378 g/mol. The molecule has 1 fully saturated rings. The summed E-state index contributed by atoms with van der Waals surface area (Å²) in [6, 6.07) is 15.4. The minimum atomic E-state index is -0.186. The maximum absolute atomic E-state index is 14.1. The van der Waals surface area contributed by atoms with E-state index in [4.69, 9.17) is 0 Å². The van der Waals surface area contributed by atoms with Gasteiger partial charge >= 0.3 is 0 Å². The predicted octanol–water partition coefficient (Wildman–Crippen LogP) is 5.21. The van der Waals surface area contributed by atoms with Crippen molar-refractivity contribution in [1.82, 2.24) is 9.88 Å². The average molecular weight is 378 g/mol. The number of benzene rings is 2. The fraction of sp³-hybridized carbons (Fsp3) is 0.375. The van der Waals surface area contributed by atoms with Crippen LogP contribution in [-0.2, 0) is 17.8 Å². The van der Waals surface area contributed by atoms with Crippen molar-refractivity contribution in [2.45, 2.75) is 57.5 Å². The number of carbonyl (C=O) groups is 1. The lowest BCUT2D eigenvalue weighted by atomic mass is 9.95. The van der Waals surface area contributed by atoms with Gasteiger partial charge in [0.25, 0.3) is 0 Å². The molecule has 1 amide bonds. The van der Waals surface area contributed by atoms with Gasteiger partial charge in [-0.1, -0.05) is 55.7 Å². The van der Waals surface area contributed by atoms with E-state index in [1.54, 1.807) is 6.07 Å². The van der Waals surface area contributed by atoms with E-state index in [2.05, 4.69) is 28.2 Å². The van der Waals surface area contributed by atoms with Gasteiger partial charge in [-0.15, -0.1) is 0 Å². The summed E-state index contributed by atoms with van der Waals surface area (Å²) in [5.74, 6) is -0.0495. The number of hydrogen-bond donors (Lipinski definition) is 1. The van der Waals surface area contributed by atoms with Crippen molar-refractivity contribution in [3.05, 3.63) is 71.7 Å². The molecule has 1 N–H and O–H groups in total. The normalized spacial score (nSPS) is 15.0. The Morgan fingerprint density at radius 1 is 1.00 bits per heavy atom. The van der Waals surface area contributed by atoms with Gasteiger partial charge in [-0.25, -0.2) is 4.39 Å². The van der Waals surface area contributed by atoms with Gasteiger partial charge in [0.15, 0.2) is 0 Å². The van der Waals surface area contributed by atoms with E-state index >= 15 is 0 Å². The number of nitrogens with zero attached hydrogens (tertiary/aromatic N) is 1. The van der Waals surface area contributed by atoms with E-state index in [9.17, 15) is 9.18 Å². The Balaban J connectivity index is 1.48. The van der Waals surface area contributed by atoms with Gasteiger partial charge < -0.3 is 9.88 Å². The molecule has 0 aliphatic heterocycles. The molecule has 4 heteroatoms.